The molecule has 2 atom stereocenters. The fraction of sp³-hybridized carbons (Fsp3) is 0.750. The summed E-state index contributed by atoms with van der Waals surface area (Å²) in [7, 11) is 0. The molecular formula is C4H6F3NO3. The lowest BCUT2D eigenvalue weighted by Gasteiger charge is -2.17. The van der Waals surface area contributed by atoms with Crippen LogP contribution in [0.5, 0.6) is 0 Å². The van der Waals surface area contributed by atoms with Gasteiger partial charge in [-0.1, -0.05) is 0 Å². The van der Waals surface area contributed by atoms with Crippen LogP contribution < -0.4 is 5.73 Å². The molecule has 0 aliphatic rings. The van der Waals surface area contributed by atoms with Gasteiger partial charge in [0, 0.05) is 0 Å². The van der Waals surface area contributed by atoms with Gasteiger partial charge in [0.05, 0.1) is 0 Å². The highest BCUT2D eigenvalue weighted by Crippen LogP contribution is 2.21. The third kappa shape index (κ3) is 2.72. The van der Waals surface area contributed by atoms with Crippen molar-refractivity contribution >= 4 is 5.97 Å². The predicted octanol–water partition coefficient (Wildman–Crippen LogP) is -0.679. The van der Waals surface area contributed by atoms with Gasteiger partial charge >= 0.3 is 12.1 Å². The van der Waals surface area contributed by atoms with E-state index < -0.39 is 24.3 Å². The number of nitrogens with two attached hydrogens (primary N) is 1. The van der Waals surface area contributed by atoms with Gasteiger partial charge in [-0.05, 0) is 0 Å². The van der Waals surface area contributed by atoms with E-state index in [0.29, 0.717) is 0 Å². The number of rotatable bonds is 2. The van der Waals surface area contributed by atoms with E-state index in [1.165, 1.54) is 0 Å². The molecule has 11 heavy (non-hydrogen) atoms. The third-order valence-corrected chi connectivity index (χ3v) is 0.961. The zero-order valence-corrected chi connectivity index (χ0v) is 5.17. The van der Waals surface area contributed by atoms with Crippen molar-refractivity contribution in [2.45, 2.75) is 18.3 Å². The molecule has 0 aliphatic heterocycles. The average Bonchev–Trinajstić information content (AvgIpc) is 1.82. The number of alkyl halides is 3. The number of aliphatic carboxylic acids is 1. The van der Waals surface area contributed by atoms with Crippen molar-refractivity contribution in [1.82, 2.24) is 0 Å². The van der Waals surface area contributed by atoms with E-state index in [1.54, 1.807) is 0 Å². The van der Waals surface area contributed by atoms with Gasteiger partial charge in [0.25, 0.3) is 0 Å². The zero-order chi connectivity index (χ0) is 9.23. The van der Waals surface area contributed by atoms with E-state index in [0.717, 1.165) is 0 Å². The quantitative estimate of drug-likeness (QED) is 0.516. The Morgan fingerprint density at radius 3 is 1.91 bits per heavy atom. The molecule has 0 aromatic heterocycles. The Morgan fingerprint density at radius 1 is 1.45 bits per heavy atom. The van der Waals surface area contributed by atoms with Gasteiger partial charge in [-0.2, -0.15) is 13.2 Å². The van der Waals surface area contributed by atoms with Gasteiger partial charge in [-0.3, -0.25) is 4.79 Å². The fourth-order valence-electron chi connectivity index (χ4n) is 0.339. The van der Waals surface area contributed by atoms with Gasteiger partial charge in [0.2, 0.25) is 0 Å². The fourth-order valence-corrected chi connectivity index (χ4v) is 0.339. The number of carboxylic acid groups (broad SMARTS) is 1. The molecule has 4 nitrogen and oxygen atoms in total. The number of hydrogen-bond acceptors (Lipinski definition) is 3. The van der Waals surface area contributed by atoms with Gasteiger partial charge in [0.15, 0.2) is 6.10 Å². The number of aliphatic hydroxyl groups excluding tert-OH is 1. The minimum Gasteiger partial charge on any atom is -0.480 e. The smallest absolute Gasteiger partial charge is 0.416 e. The van der Waals surface area contributed by atoms with E-state index in [-0.39, 0.29) is 0 Å². The summed E-state index contributed by atoms with van der Waals surface area (Å²) < 4.78 is 34.4. The van der Waals surface area contributed by atoms with Crippen molar-refractivity contribution in [1.29, 1.82) is 0 Å². The predicted molar refractivity (Wildman–Crippen MR) is 27.7 cm³/mol. The van der Waals surface area contributed by atoms with Crippen molar-refractivity contribution in [3.8, 4) is 0 Å². The van der Waals surface area contributed by atoms with Gasteiger partial charge in [0.1, 0.15) is 6.04 Å². The molecule has 0 fully saturated rings. The number of aliphatic hydroxyl groups is 1. The molecule has 0 saturated heterocycles. The summed E-state index contributed by atoms with van der Waals surface area (Å²) in [5.74, 6) is -1.89. The van der Waals surface area contributed by atoms with Gasteiger partial charge < -0.3 is 15.9 Å². The van der Waals surface area contributed by atoms with Crippen molar-refractivity contribution in [2.75, 3.05) is 0 Å². The molecule has 0 amide bonds. The summed E-state index contributed by atoms with van der Waals surface area (Å²) in [6, 6.07) is -2.32. The largest absolute Gasteiger partial charge is 0.480 e. The minimum absolute atomic E-state index is 1.89. The summed E-state index contributed by atoms with van der Waals surface area (Å²) in [6.45, 7) is 0. The number of carboxylic acids is 1. The lowest BCUT2D eigenvalue weighted by atomic mass is 10.2. The molecule has 0 radical (unpaired) electrons. The van der Waals surface area contributed by atoms with Crippen LogP contribution in [-0.2, 0) is 4.79 Å². The molecule has 0 aromatic rings. The first kappa shape index (κ1) is 10.2. The van der Waals surface area contributed by atoms with E-state index in [9.17, 15) is 18.0 Å². The van der Waals surface area contributed by atoms with Gasteiger partial charge in [-0.25, -0.2) is 0 Å². The number of halogens is 3. The highest BCUT2D eigenvalue weighted by atomic mass is 19.4. The van der Waals surface area contributed by atoms with E-state index >= 15 is 0 Å². The first-order chi connectivity index (χ1) is 4.76. The summed E-state index contributed by atoms with van der Waals surface area (Å²) in [5.41, 5.74) is 4.48. The zero-order valence-electron chi connectivity index (χ0n) is 5.17. The molecular weight excluding hydrogens is 167 g/mol. The Labute approximate surface area is 59.4 Å². The van der Waals surface area contributed by atoms with Crippen LogP contribution in [0.2, 0.25) is 0 Å². The molecule has 0 bridgehead atoms. The third-order valence-electron chi connectivity index (χ3n) is 0.961. The average molecular weight is 173 g/mol. The van der Waals surface area contributed by atoms with Crippen LogP contribution in [0.1, 0.15) is 0 Å². The van der Waals surface area contributed by atoms with E-state index in [1.807, 2.05) is 0 Å². The molecule has 0 rings (SSSR count). The van der Waals surface area contributed by atoms with Crippen molar-refractivity contribution in [3.63, 3.8) is 0 Å². The van der Waals surface area contributed by atoms with E-state index in [4.69, 9.17) is 10.2 Å². The van der Waals surface area contributed by atoms with Crippen LogP contribution in [0, 0.1) is 0 Å². The maximum atomic E-state index is 11.5. The maximum absolute atomic E-state index is 11.5. The normalized spacial score (nSPS) is 17.5. The second-order valence-corrected chi connectivity index (χ2v) is 1.85. The Kier molecular flexibility index (Phi) is 2.83. The van der Waals surface area contributed by atoms with Gasteiger partial charge in [-0.15, -0.1) is 0 Å². The molecule has 0 aromatic carbocycles. The Bertz CT molecular complexity index is 157. The highest BCUT2D eigenvalue weighted by molar-refractivity contribution is 5.74. The second kappa shape index (κ2) is 3.05. The summed E-state index contributed by atoms with van der Waals surface area (Å²) in [6.07, 6.45) is -8.00. The lowest BCUT2D eigenvalue weighted by Crippen LogP contribution is -2.49. The Morgan fingerprint density at radius 2 is 1.82 bits per heavy atom. The number of carbonyl (C=O) groups is 1. The second-order valence-electron chi connectivity index (χ2n) is 1.85. The van der Waals surface area contributed by atoms with Crippen LogP contribution in [0.3, 0.4) is 0 Å². The van der Waals surface area contributed by atoms with E-state index in [2.05, 4.69) is 5.73 Å². The molecule has 7 heteroatoms. The summed E-state index contributed by atoms with van der Waals surface area (Å²) >= 11 is 0. The minimum atomic E-state index is -4.99. The maximum Gasteiger partial charge on any atom is 0.416 e. The van der Waals surface area contributed by atoms with Crippen LogP contribution in [0.15, 0.2) is 0 Å². The topological polar surface area (TPSA) is 83.6 Å². The first-order valence-electron chi connectivity index (χ1n) is 2.50. The molecule has 0 heterocycles. The monoisotopic (exact) mass is 173 g/mol. The molecule has 0 saturated carbocycles. The first-order valence-corrected chi connectivity index (χ1v) is 2.50. The number of hydrogen-bond donors (Lipinski definition) is 3. The molecule has 4 N–H and O–H groups in total. The molecule has 0 spiro atoms. The Hall–Kier alpha value is -0.820. The van der Waals surface area contributed by atoms with Crippen LogP contribution in [0.25, 0.3) is 0 Å². The Balaban J connectivity index is 4.25. The SMILES string of the molecule is N[C@H](C(=O)O)C(O)C(F)(F)F. The summed E-state index contributed by atoms with van der Waals surface area (Å²) in [4.78, 5) is 9.80. The standard InChI is InChI=1S/C4H6F3NO3/c5-4(6,7)2(9)1(8)3(10)11/h1-2,9H,8H2,(H,10,11)/t1-,2?/m0/s1. The van der Waals surface area contributed by atoms with Crippen LogP contribution in [0.4, 0.5) is 13.2 Å². The molecule has 66 valence electrons. The van der Waals surface area contributed by atoms with Crippen LogP contribution in [-0.4, -0.2) is 34.5 Å². The van der Waals surface area contributed by atoms with Crippen molar-refractivity contribution in [3.05, 3.63) is 0 Å². The lowest BCUT2D eigenvalue weighted by molar-refractivity contribution is -0.212. The van der Waals surface area contributed by atoms with Crippen LogP contribution >= 0.6 is 0 Å². The highest BCUT2D eigenvalue weighted by Gasteiger charge is 2.44. The van der Waals surface area contributed by atoms with Crippen molar-refractivity contribution in [2.24, 2.45) is 5.73 Å². The summed E-state index contributed by atoms with van der Waals surface area (Å²) in [5, 5.41) is 16.1. The molecule has 1 unspecified atom stereocenters. The van der Waals surface area contributed by atoms with Crippen molar-refractivity contribution < 1.29 is 28.2 Å². The molecule has 0 aliphatic carbocycles.